The van der Waals surface area contributed by atoms with Gasteiger partial charge < -0.3 is 9.84 Å². The molecule has 0 saturated heterocycles. The highest BCUT2D eigenvalue weighted by Crippen LogP contribution is 2.38. The van der Waals surface area contributed by atoms with Gasteiger partial charge >= 0.3 is 12.3 Å². The first kappa shape index (κ1) is 16.1. The minimum atomic E-state index is -4.88. The highest BCUT2D eigenvalue weighted by atomic mass is 35.5. The van der Waals surface area contributed by atoms with Crippen molar-refractivity contribution < 1.29 is 27.8 Å². The Kier molecular flexibility index (Phi) is 4.56. The Morgan fingerprint density at radius 2 is 1.95 bits per heavy atom. The van der Waals surface area contributed by atoms with E-state index in [0.717, 1.165) is 6.07 Å². The topological polar surface area (TPSA) is 59.4 Å². The van der Waals surface area contributed by atoms with Crippen molar-refractivity contribution in [3.63, 3.8) is 0 Å². The number of para-hydroxylation sites is 1. The third kappa shape index (κ3) is 3.88. The molecule has 0 atom stereocenters. The Hall–Kier alpha value is -2.28. The Morgan fingerprint density at radius 1 is 1.27 bits per heavy atom. The summed E-state index contributed by atoms with van der Waals surface area (Å²) in [6.07, 6.45) is -3.99. The van der Waals surface area contributed by atoms with Gasteiger partial charge in [-0.25, -0.2) is 4.98 Å². The number of carboxylic acids is 1. The van der Waals surface area contributed by atoms with Crippen LogP contribution in [-0.4, -0.2) is 22.4 Å². The van der Waals surface area contributed by atoms with Gasteiger partial charge in [-0.2, -0.15) is 0 Å². The number of carbonyl (C=O) groups is 1. The van der Waals surface area contributed by atoms with Gasteiger partial charge in [0.2, 0.25) is 0 Å². The fourth-order valence-corrected chi connectivity index (χ4v) is 2.23. The lowest BCUT2D eigenvalue weighted by atomic mass is 9.99. The molecular weight excluding hydrogens is 323 g/mol. The molecule has 0 saturated carbocycles. The minimum Gasteiger partial charge on any atom is -0.481 e. The first-order valence-corrected chi connectivity index (χ1v) is 6.36. The molecule has 0 bridgehead atoms. The van der Waals surface area contributed by atoms with Gasteiger partial charge in [-0.1, -0.05) is 29.8 Å². The molecule has 1 aromatic carbocycles. The van der Waals surface area contributed by atoms with Crippen LogP contribution in [0.25, 0.3) is 11.1 Å². The predicted octanol–water partition coefficient (Wildman–Crippen LogP) is 3.93. The molecule has 22 heavy (non-hydrogen) atoms. The Labute approximate surface area is 128 Å². The average Bonchev–Trinajstić information content (AvgIpc) is 2.38. The summed E-state index contributed by atoms with van der Waals surface area (Å²) in [6.45, 7) is 0. The number of hydrogen-bond acceptors (Lipinski definition) is 3. The summed E-state index contributed by atoms with van der Waals surface area (Å²) in [4.78, 5) is 14.7. The lowest BCUT2D eigenvalue weighted by molar-refractivity contribution is -0.274. The van der Waals surface area contributed by atoms with E-state index in [2.05, 4.69) is 9.72 Å². The van der Waals surface area contributed by atoms with Gasteiger partial charge in [-0.3, -0.25) is 4.79 Å². The standard InChI is InChI=1S/C14H9ClF3NO3/c15-13-12(8(5-6-19-13)7-11(20)21)9-3-1-2-4-10(9)22-14(16,17)18/h1-6H,7H2,(H,20,21). The van der Waals surface area contributed by atoms with Crippen LogP contribution >= 0.6 is 11.6 Å². The minimum absolute atomic E-state index is 0.0224. The van der Waals surface area contributed by atoms with Crippen LogP contribution in [0.3, 0.4) is 0 Å². The van der Waals surface area contributed by atoms with Crippen LogP contribution in [0.2, 0.25) is 5.15 Å². The summed E-state index contributed by atoms with van der Waals surface area (Å²) in [5, 5.41) is 8.81. The molecule has 0 aliphatic heterocycles. The molecule has 0 spiro atoms. The molecule has 0 aliphatic carbocycles. The van der Waals surface area contributed by atoms with Gasteiger partial charge in [0.1, 0.15) is 10.9 Å². The molecule has 1 N–H and O–H groups in total. The molecule has 4 nitrogen and oxygen atoms in total. The van der Waals surface area contributed by atoms with E-state index in [-0.39, 0.29) is 21.8 Å². The van der Waals surface area contributed by atoms with Crippen molar-refractivity contribution >= 4 is 17.6 Å². The molecule has 0 fully saturated rings. The maximum atomic E-state index is 12.5. The van der Waals surface area contributed by atoms with E-state index in [1.807, 2.05) is 0 Å². The van der Waals surface area contributed by atoms with E-state index < -0.39 is 24.5 Å². The largest absolute Gasteiger partial charge is 0.573 e. The number of alkyl halides is 3. The Bertz CT molecular complexity index is 704. The number of rotatable bonds is 4. The van der Waals surface area contributed by atoms with Crippen LogP contribution in [0.4, 0.5) is 13.2 Å². The van der Waals surface area contributed by atoms with E-state index in [0.29, 0.717) is 0 Å². The van der Waals surface area contributed by atoms with Crippen molar-refractivity contribution in [3.8, 4) is 16.9 Å². The summed E-state index contributed by atoms with van der Waals surface area (Å²) in [5.74, 6) is -1.62. The molecule has 1 heterocycles. The van der Waals surface area contributed by atoms with Crippen LogP contribution in [0, 0.1) is 0 Å². The molecule has 2 rings (SSSR count). The van der Waals surface area contributed by atoms with Crippen LogP contribution in [0.5, 0.6) is 5.75 Å². The highest BCUT2D eigenvalue weighted by Gasteiger charge is 2.32. The zero-order chi connectivity index (χ0) is 16.3. The lowest BCUT2D eigenvalue weighted by Crippen LogP contribution is -2.17. The quantitative estimate of drug-likeness (QED) is 0.862. The van der Waals surface area contributed by atoms with Gasteiger partial charge in [0.25, 0.3) is 0 Å². The molecule has 1 aromatic heterocycles. The Balaban J connectivity index is 2.59. The van der Waals surface area contributed by atoms with E-state index in [4.69, 9.17) is 16.7 Å². The number of pyridine rings is 1. The number of nitrogens with zero attached hydrogens (tertiary/aromatic N) is 1. The maximum absolute atomic E-state index is 12.5. The molecule has 8 heteroatoms. The molecular formula is C14H9ClF3NO3. The molecule has 0 aliphatic rings. The second-order valence-corrected chi connectivity index (χ2v) is 4.61. The van der Waals surface area contributed by atoms with Gasteiger partial charge in [-0.15, -0.1) is 13.2 Å². The smallest absolute Gasteiger partial charge is 0.481 e. The molecule has 0 radical (unpaired) electrons. The van der Waals surface area contributed by atoms with Crippen molar-refractivity contribution in [2.75, 3.05) is 0 Å². The number of ether oxygens (including phenoxy) is 1. The number of aromatic nitrogens is 1. The first-order chi connectivity index (χ1) is 10.3. The van der Waals surface area contributed by atoms with Crippen LogP contribution in [0.1, 0.15) is 5.56 Å². The fourth-order valence-electron chi connectivity index (χ4n) is 1.95. The predicted molar refractivity (Wildman–Crippen MR) is 72.7 cm³/mol. The third-order valence-corrected chi connectivity index (χ3v) is 3.00. The third-order valence-electron chi connectivity index (χ3n) is 2.71. The molecule has 2 aromatic rings. The van der Waals surface area contributed by atoms with Crippen molar-refractivity contribution in [2.24, 2.45) is 0 Å². The first-order valence-electron chi connectivity index (χ1n) is 5.98. The van der Waals surface area contributed by atoms with Crippen LogP contribution in [0.15, 0.2) is 36.5 Å². The summed E-state index contributed by atoms with van der Waals surface area (Å²) in [6, 6.07) is 6.73. The van der Waals surface area contributed by atoms with Crippen molar-refractivity contribution in [1.29, 1.82) is 0 Å². The lowest BCUT2D eigenvalue weighted by Gasteiger charge is -2.15. The molecule has 0 unspecified atom stereocenters. The summed E-state index contributed by atoms with van der Waals surface area (Å²) in [7, 11) is 0. The normalized spacial score (nSPS) is 11.3. The highest BCUT2D eigenvalue weighted by molar-refractivity contribution is 6.32. The summed E-state index contributed by atoms with van der Waals surface area (Å²) < 4.78 is 41.4. The van der Waals surface area contributed by atoms with E-state index in [1.54, 1.807) is 0 Å². The van der Waals surface area contributed by atoms with Gasteiger partial charge in [0.15, 0.2) is 0 Å². The SMILES string of the molecule is O=C(O)Cc1ccnc(Cl)c1-c1ccccc1OC(F)(F)F. The molecule has 116 valence electrons. The van der Waals surface area contributed by atoms with E-state index >= 15 is 0 Å². The van der Waals surface area contributed by atoms with E-state index in [9.17, 15) is 18.0 Å². The summed E-state index contributed by atoms with van der Waals surface area (Å²) >= 11 is 5.95. The Morgan fingerprint density at radius 3 is 2.59 bits per heavy atom. The van der Waals surface area contributed by atoms with E-state index in [1.165, 1.54) is 30.5 Å². The fraction of sp³-hybridized carbons (Fsp3) is 0.143. The van der Waals surface area contributed by atoms with Crippen molar-refractivity contribution in [2.45, 2.75) is 12.8 Å². The number of aliphatic carboxylic acids is 1. The van der Waals surface area contributed by atoms with Gasteiger partial charge in [0.05, 0.1) is 6.42 Å². The number of halogens is 4. The molecule has 0 amide bonds. The summed E-state index contributed by atoms with van der Waals surface area (Å²) in [5.41, 5.74) is 0.367. The monoisotopic (exact) mass is 331 g/mol. The number of hydrogen-bond donors (Lipinski definition) is 1. The number of benzene rings is 1. The number of carboxylic acid groups (broad SMARTS) is 1. The van der Waals surface area contributed by atoms with Crippen LogP contribution < -0.4 is 4.74 Å². The maximum Gasteiger partial charge on any atom is 0.573 e. The van der Waals surface area contributed by atoms with Gasteiger partial charge in [-0.05, 0) is 17.7 Å². The second kappa shape index (κ2) is 6.23. The van der Waals surface area contributed by atoms with Crippen LogP contribution in [-0.2, 0) is 11.2 Å². The van der Waals surface area contributed by atoms with Gasteiger partial charge in [0, 0.05) is 17.3 Å². The zero-order valence-electron chi connectivity index (χ0n) is 10.9. The zero-order valence-corrected chi connectivity index (χ0v) is 11.6. The second-order valence-electron chi connectivity index (χ2n) is 4.25. The van der Waals surface area contributed by atoms with Crippen molar-refractivity contribution in [3.05, 3.63) is 47.2 Å². The average molecular weight is 332 g/mol. The van der Waals surface area contributed by atoms with Crippen molar-refractivity contribution in [1.82, 2.24) is 4.98 Å².